The first kappa shape index (κ1) is 23.4. The number of anilines is 3. The predicted octanol–water partition coefficient (Wildman–Crippen LogP) is -0.736. The summed E-state index contributed by atoms with van der Waals surface area (Å²) in [6.07, 6.45) is 2.37. The van der Waals surface area contributed by atoms with Crippen LogP contribution in [0, 0.1) is 0 Å². The van der Waals surface area contributed by atoms with Gasteiger partial charge in [-0.05, 0) is 37.0 Å². The van der Waals surface area contributed by atoms with E-state index < -0.39 is 0 Å². The van der Waals surface area contributed by atoms with Crippen LogP contribution in [-0.2, 0) is 6.42 Å². The molecule has 0 aliphatic carbocycles. The number of methoxy groups -OCH3 is 1. The molecule has 11 heteroatoms. The minimum absolute atomic E-state index is 0.0183. The maximum Gasteiger partial charge on any atom is 0.232 e. The van der Waals surface area contributed by atoms with E-state index in [4.69, 9.17) is 42.6 Å². The lowest BCUT2D eigenvalue weighted by Crippen LogP contribution is -2.54. The normalized spacial score (nSPS) is 25.7. The second kappa shape index (κ2) is 10.5. The van der Waals surface area contributed by atoms with E-state index >= 15 is 0 Å². The van der Waals surface area contributed by atoms with Gasteiger partial charge < -0.3 is 42.8 Å². The Bertz CT molecular complexity index is 864. The van der Waals surface area contributed by atoms with E-state index in [1.54, 1.807) is 7.11 Å². The lowest BCUT2D eigenvalue weighted by Gasteiger charge is -2.37. The molecule has 2 fully saturated rings. The number of rotatable bonds is 7. The smallest absolute Gasteiger partial charge is 0.232 e. The molecule has 3 heterocycles. The van der Waals surface area contributed by atoms with Crippen molar-refractivity contribution in [3.63, 3.8) is 0 Å². The highest BCUT2D eigenvalue weighted by Crippen LogP contribution is 2.22. The fraction of sp³-hybridized carbons (Fsp3) is 0.591. The Morgan fingerprint density at radius 2 is 1.42 bits per heavy atom. The Balaban J connectivity index is 1.54. The molecule has 0 radical (unpaired) electrons. The monoisotopic (exact) mass is 456 g/mol. The largest absolute Gasteiger partial charge is 0.497 e. The van der Waals surface area contributed by atoms with Gasteiger partial charge in [-0.25, -0.2) is 0 Å². The highest BCUT2D eigenvalue weighted by Gasteiger charge is 2.28. The molecule has 11 nitrogen and oxygen atoms in total. The minimum Gasteiger partial charge on any atom is -0.497 e. The van der Waals surface area contributed by atoms with Gasteiger partial charge in [-0.1, -0.05) is 12.1 Å². The van der Waals surface area contributed by atoms with Gasteiger partial charge in [-0.15, -0.1) is 0 Å². The third kappa shape index (κ3) is 6.20. The quantitative estimate of drug-likeness (QED) is 0.355. The van der Waals surface area contributed by atoms with Crippen LogP contribution in [0.3, 0.4) is 0 Å². The molecule has 2 aromatic rings. The number of hydrogen-bond acceptors (Lipinski definition) is 11. The topological polar surface area (TPSA) is 170 Å². The summed E-state index contributed by atoms with van der Waals surface area (Å²) in [5, 5.41) is 3.35. The summed E-state index contributed by atoms with van der Waals surface area (Å²) in [6, 6.07) is 7.94. The molecule has 1 aromatic carbocycles. The van der Waals surface area contributed by atoms with E-state index in [9.17, 15) is 0 Å². The molecule has 33 heavy (non-hydrogen) atoms. The van der Waals surface area contributed by atoms with Crippen LogP contribution in [0.5, 0.6) is 5.75 Å². The summed E-state index contributed by atoms with van der Waals surface area (Å²) in [4.78, 5) is 18.2. The first-order valence-corrected chi connectivity index (χ1v) is 11.5. The summed E-state index contributed by atoms with van der Waals surface area (Å²) < 4.78 is 5.31. The maximum atomic E-state index is 6.21. The zero-order valence-electron chi connectivity index (χ0n) is 19.2. The van der Waals surface area contributed by atoms with E-state index in [0.717, 1.165) is 30.6 Å². The second-order valence-electron chi connectivity index (χ2n) is 9.11. The Kier molecular flexibility index (Phi) is 7.43. The number of nitrogens with two attached hydrogens (primary N) is 4. The molecule has 0 amide bonds. The van der Waals surface area contributed by atoms with Gasteiger partial charge in [0.25, 0.3) is 0 Å². The van der Waals surface area contributed by atoms with Crippen molar-refractivity contribution in [2.24, 2.45) is 22.9 Å². The van der Waals surface area contributed by atoms with Gasteiger partial charge in [0.05, 0.1) is 7.11 Å². The average molecular weight is 457 g/mol. The fourth-order valence-corrected chi connectivity index (χ4v) is 4.55. The second-order valence-corrected chi connectivity index (χ2v) is 9.11. The van der Waals surface area contributed by atoms with Crippen LogP contribution in [0.25, 0.3) is 0 Å². The van der Waals surface area contributed by atoms with Crippen LogP contribution in [0.15, 0.2) is 24.3 Å². The molecular weight excluding hydrogens is 420 g/mol. The summed E-state index contributed by atoms with van der Waals surface area (Å²) in [5.74, 6) is 2.50. The van der Waals surface area contributed by atoms with Crippen LogP contribution in [0.2, 0.25) is 0 Å². The van der Waals surface area contributed by atoms with Gasteiger partial charge in [-0.3, -0.25) is 0 Å². The van der Waals surface area contributed by atoms with Crippen molar-refractivity contribution in [1.29, 1.82) is 0 Å². The molecule has 2 aliphatic rings. The molecule has 0 bridgehead atoms. The number of aromatic nitrogens is 3. The van der Waals surface area contributed by atoms with Gasteiger partial charge in [0.2, 0.25) is 17.8 Å². The summed E-state index contributed by atoms with van der Waals surface area (Å²) >= 11 is 0. The number of hydrogen-bond donors (Lipinski definition) is 5. The van der Waals surface area contributed by atoms with Crippen molar-refractivity contribution in [1.82, 2.24) is 15.0 Å². The lowest BCUT2D eigenvalue weighted by atomic mass is 10.0. The van der Waals surface area contributed by atoms with Crippen LogP contribution >= 0.6 is 0 Å². The first-order chi connectivity index (χ1) is 15.9. The van der Waals surface area contributed by atoms with Crippen molar-refractivity contribution in [2.75, 3.05) is 55.0 Å². The molecule has 4 rings (SSSR count). The van der Waals surface area contributed by atoms with Crippen molar-refractivity contribution in [3.05, 3.63) is 29.8 Å². The van der Waals surface area contributed by atoms with E-state index in [0.29, 0.717) is 50.6 Å². The molecule has 4 atom stereocenters. The molecule has 0 saturated carbocycles. The average Bonchev–Trinajstić information content (AvgIpc) is 2.78. The van der Waals surface area contributed by atoms with Crippen LogP contribution in [0.1, 0.15) is 18.4 Å². The number of benzene rings is 1. The molecule has 0 spiro atoms. The van der Waals surface area contributed by atoms with E-state index in [1.165, 1.54) is 0 Å². The number of nitrogens with one attached hydrogen (secondary N) is 1. The first-order valence-electron chi connectivity index (χ1n) is 11.5. The third-order valence-electron chi connectivity index (χ3n) is 6.04. The van der Waals surface area contributed by atoms with Gasteiger partial charge >= 0.3 is 0 Å². The van der Waals surface area contributed by atoms with Crippen LogP contribution in [-0.4, -0.2) is 79.0 Å². The Labute approximate surface area is 194 Å². The molecule has 1 aromatic heterocycles. The third-order valence-corrected chi connectivity index (χ3v) is 6.04. The number of ether oxygens (including phenoxy) is 1. The van der Waals surface area contributed by atoms with Crippen molar-refractivity contribution in [3.8, 4) is 5.75 Å². The Hall–Kier alpha value is -2.73. The highest BCUT2D eigenvalue weighted by atomic mass is 16.5. The Morgan fingerprint density at radius 1 is 0.879 bits per heavy atom. The SMILES string of the molecule is COc1cccc(CCNc2nc(N3CC(N)CC(N)C3)nc(N3CC(N)CC(N)C3)n2)c1. The maximum absolute atomic E-state index is 6.21. The fourth-order valence-electron chi connectivity index (χ4n) is 4.55. The summed E-state index contributed by atoms with van der Waals surface area (Å²) in [7, 11) is 1.67. The number of piperidine rings is 2. The van der Waals surface area contributed by atoms with Gasteiger partial charge in [0.1, 0.15) is 5.75 Å². The van der Waals surface area contributed by atoms with Crippen molar-refractivity contribution >= 4 is 17.8 Å². The predicted molar refractivity (Wildman–Crippen MR) is 131 cm³/mol. The van der Waals surface area contributed by atoms with Crippen molar-refractivity contribution in [2.45, 2.75) is 43.4 Å². The minimum atomic E-state index is -0.0183. The Morgan fingerprint density at radius 3 is 1.94 bits per heavy atom. The summed E-state index contributed by atoms with van der Waals surface area (Å²) in [6.45, 7) is 3.27. The molecule has 2 saturated heterocycles. The van der Waals surface area contributed by atoms with E-state index in [2.05, 4.69) is 11.4 Å². The highest BCUT2D eigenvalue weighted by molar-refractivity contribution is 5.47. The molecular formula is C22H36N10O. The van der Waals surface area contributed by atoms with Crippen molar-refractivity contribution < 1.29 is 4.74 Å². The number of nitrogens with zero attached hydrogens (tertiary/aromatic N) is 5. The zero-order chi connectivity index (χ0) is 23.4. The molecule has 2 aliphatic heterocycles. The van der Waals surface area contributed by atoms with Crippen LogP contribution < -0.4 is 42.8 Å². The molecule has 180 valence electrons. The van der Waals surface area contributed by atoms with Gasteiger partial charge in [0.15, 0.2) is 0 Å². The van der Waals surface area contributed by atoms with Crippen LogP contribution in [0.4, 0.5) is 17.8 Å². The molecule has 9 N–H and O–H groups in total. The van der Waals surface area contributed by atoms with E-state index in [-0.39, 0.29) is 24.2 Å². The standard InChI is InChI=1S/C22H36N10O/c1-33-19-4-2-3-14(7-19)5-6-27-20-28-21(31-10-15(23)8-16(24)11-31)30-22(29-20)32-12-17(25)9-18(26)13-32/h2-4,7,15-18H,5-6,8-13,23-26H2,1H3,(H,27,28,29,30). The van der Waals surface area contributed by atoms with E-state index in [1.807, 2.05) is 28.0 Å². The lowest BCUT2D eigenvalue weighted by molar-refractivity contribution is 0.414. The zero-order valence-corrected chi connectivity index (χ0v) is 19.2. The van der Waals surface area contributed by atoms with Gasteiger partial charge in [0, 0.05) is 56.9 Å². The summed E-state index contributed by atoms with van der Waals surface area (Å²) in [5.41, 5.74) is 26.0. The molecule has 4 unspecified atom stereocenters. The van der Waals surface area contributed by atoms with Gasteiger partial charge in [-0.2, -0.15) is 15.0 Å².